The van der Waals surface area contributed by atoms with Gasteiger partial charge in [-0.25, -0.2) is 22.2 Å². The molecule has 8 nitrogen and oxygen atoms in total. The summed E-state index contributed by atoms with van der Waals surface area (Å²) in [6.45, 7) is 3.03. The maximum Gasteiger partial charge on any atom is 0.243 e. The summed E-state index contributed by atoms with van der Waals surface area (Å²) in [6, 6.07) is 9.63. The van der Waals surface area contributed by atoms with E-state index in [9.17, 15) is 17.2 Å². The summed E-state index contributed by atoms with van der Waals surface area (Å²) >= 11 is 0. The van der Waals surface area contributed by atoms with E-state index in [-0.39, 0.29) is 13.1 Å². The van der Waals surface area contributed by atoms with Crippen molar-refractivity contribution >= 4 is 27.5 Å². The van der Waals surface area contributed by atoms with Gasteiger partial charge in [-0.1, -0.05) is 0 Å². The molecule has 0 amide bonds. The Hall–Kier alpha value is -3.18. The molecule has 162 valence electrons. The second-order valence-corrected chi connectivity index (χ2v) is 9.05. The van der Waals surface area contributed by atoms with Gasteiger partial charge in [-0.2, -0.15) is 4.31 Å². The van der Waals surface area contributed by atoms with Crippen molar-refractivity contribution in [3.63, 3.8) is 0 Å². The van der Waals surface area contributed by atoms with Gasteiger partial charge >= 0.3 is 0 Å². The summed E-state index contributed by atoms with van der Waals surface area (Å²) in [4.78, 5) is 5.73. The van der Waals surface area contributed by atoms with Crippen molar-refractivity contribution in [2.45, 2.75) is 11.8 Å². The van der Waals surface area contributed by atoms with Crippen LogP contribution < -0.4 is 10.2 Å². The smallest absolute Gasteiger partial charge is 0.243 e. The van der Waals surface area contributed by atoms with E-state index >= 15 is 0 Å². The Bertz CT molecular complexity index is 1160. The summed E-state index contributed by atoms with van der Waals surface area (Å²) < 4.78 is 53.5. The summed E-state index contributed by atoms with van der Waals surface area (Å²) in [6.07, 6.45) is 1.70. The molecule has 0 atom stereocenters. The zero-order valence-electron chi connectivity index (χ0n) is 16.7. The minimum Gasteiger partial charge on any atom is -0.352 e. The van der Waals surface area contributed by atoms with Crippen molar-refractivity contribution in [1.82, 2.24) is 19.5 Å². The van der Waals surface area contributed by atoms with Crippen molar-refractivity contribution in [2.24, 2.45) is 0 Å². The van der Waals surface area contributed by atoms with E-state index in [2.05, 4.69) is 20.5 Å². The van der Waals surface area contributed by atoms with Crippen LogP contribution in [0.2, 0.25) is 0 Å². The van der Waals surface area contributed by atoms with Crippen LogP contribution in [0.25, 0.3) is 0 Å². The fourth-order valence-electron chi connectivity index (χ4n) is 3.28. The van der Waals surface area contributed by atoms with Crippen LogP contribution in [0.1, 0.15) is 5.56 Å². The maximum atomic E-state index is 13.4. The number of rotatable bonds is 5. The molecule has 1 aliphatic rings. The summed E-state index contributed by atoms with van der Waals surface area (Å²) in [5.41, 5.74) is 1.07. The third-order valence-corrected chi connectivity index (χ3v) is 6.73. The highest BCUT2D eigenvalue weighted by Crippen LogP contribution is 2.22. The first-order valence-electron chi connectivity index (χ1n) is 9.56. The van der Waals surface area contributed by atoms with Crippen LogP contribution in [0.4, 0.5) is 26.2 Å². The minimum atomic E-state index is -3.98. The fraction of sp³-hybridized carbons (Fsp3) is 0.250. The number of anilines is 3. The second-order valence-electron chi connectivity index (χ2n) is 7.12. The van der Waals surface area contributed by atoms with Gasteiger partial charge in [0.15, 0.2) is 11.6 Å². The molecule has 0 radical (unpaired) electrons. The standard InChI is InChI=1S/C20H20F2N6O2S/c1-14-4-5-23-19(10-14)24-18-2-3-20(26-25-18)27-6-8-28(9-7-27)31(29,30)17-12-15(21)11-16(22)13-17/h2-5,10-13H,6-9H2,1H3,(H,23,24,25). The summed E-state index contributed by atoms with van der Waals surface area (Å²) in [7, 11) is -3.98. The zero-order chi connectivity index (χ0) is 22.0. The molecule has 3 heterocycles. The van der Waals surface area contributed by atoms with Crippen LogP contribution >= 0.6 is 0 Å². The Morgan fingerprint density at radius 1 is 0.903 bits per heavy atom. The van der Waals surface area contributed by atoms with Gasteiger partial charge < -0.3 is 10.2 Å². The topological polar surface area (TPSA) is 91.3 Å². The Morgan fingerprint density at radius 3 is 2.23 bits per heavy atom. The van der Waals surface area contributed by atoms with Crippen LogP contribution in [-0.2, 0) is 10.0 Å². The number of hydrogen-bond donors (Lipinski definition) is 1. The lowest BCUT2D eigenvalue weighted by atomic mass is 10.3. The van der Waals surface area contributed by atoms with E-state index in [1.165, 1.54) is 4.31 Å². The quantitative estimate of drug-likeness (QED) is 0.644. The lowest BCUT2D eigenvalue weighted by molar-refractivity contribution is 0.383. The first-order chi connectivity index (χ1) is 14.8. The molecule has 0 unspecified atom stereocenters. The molecule has 1 saturated heterocycles. The SMILES string of the molecule is Cc1ccnc(Nc2ccc(N3CCN(S(=O)(=O)c4cc(F)cc(F)c4)CC3)nn2)c1. The largest absolute Gasteiger partial charge is 0.352 e. The molecule has 2 aromatic heterocycles. The normalized spacial score (nSPS) is 15.1. The number of halogens is 2. The second kappa shape index (κ2) is 8.52. The predicted molar refractivity (Wildman–Crippen MR) is 112 cm³/mol. The Balaban J connectivity index is 1.40. The van der Waals surface area contributed by atoms with Crippen LogP contribution in [-0.4, -0.2) is 54.1 Å². The third-order valence-electron chi connectivity index (χ3n) is 4.86. The molecule has 0 spiro atoms. The van der Waals surface area contributed by atoms with Gasteiger partial charge in [0.1, 0.15) is 17.5 Å². The average Bonchev–Trinajstić information content (AvgIpc) is 2.74. The van der Waals surface area contributed by atoms with Gasteiger partial charge in [-0.05, 0) is 48.9 Å². The van der Waals surface area contributed by atoms with Crippen molar-refractivity contribution in [2.75, 3.05) is 36.4 Å². The van der Waals surface area contributed by atoms with E-state index in [1.807, 2.05) is 24.0 Å². The number of piperazine rings is 1. The molecule has 1 aromatic carbocycles. The molecule has 1 N–H and O–H groups in total. The number of benzene rings is 1. The third kappa shape index (κ3) is 4.78. The number of aryl methyl sites for hydroxylation is 1. The molecule has 11 heteroatoms. The lowest BCUT2D eigenvalue weighted by Crippen LogP contribution is -2.49. The highest BCUT2D eigenvalue weighted by Gasteiger charge is 2.29. The number of pyridine rings is 1. The van der Waals surface area contributed by atoms with Crippen molar-refractivity contribution in [3.8, 4) is 0 Å². The Labute approximate surface area is 178 Å². The van der Waals surface area contributed by atoms with E-state index in [1.54, 1.807) is 18.3 Å². The predicted octanol–water partition coefficient (Wildman–Crippen LogP) is 2.71. The van der Waals surface area contributed by atoms with Gasteiger partial charge in [0.25, 0.3) is 0 Å². The molecular weight excluding hydrogens is 426 g/mol. The van der Waals surface area contributed by atoms with Crippen molar-refractivity contribution in [3.05, 3.63) is 65.9 Å². The molecule has 0 aliphatic carbocycles. The van der Waals surface area contributed by atoms with Crippen LogP contribution in [0.3, 0.4) is 0 Å². The van der Waals surface area contributed by atoms with Gasteiger partial charge in [0, 0.05) is 38.4 Å². The summed E-state index contributed by atoms with van der Waals surface area (Å²) in [5.74, 6) is -0.0495. The molecule has 1 fully saturated rings. The number of nitrogens with zero attached hydrogens (tertiary/aromatic N) is 5. The van der Waals surface area contributed by atoms with Gasteiger partial charge in [0.2, 0.25) is 10.0 Å². The van der Waals surface area contributed by atoms with E-state index in [4.69, 9.17) is 0 Å². The zero-order valence-corrected chi connectivity index (χ0v) is 17.5. The molecule has 0 bridgehead atoms. The van der Waals surface area contributed by atoms with Gasteiger partial charge in [-0.3, -0.25) is 0 Å². The Morgan fingerprint density at radius 2 is 1.61 bits per heavy atom. The first-order valence-corrected chi connectivity index (χ1v) is 11.0. The highest BCUT2D eigenvalue weighted by atomic mass is 32.2. The monoisotopic (exact) mass is 446 g/mol. The first kappa shape index (κ1) is 21.1. The molecule has 4 rings (SSSR count). The molecule has 1 aliphatic heterocycles. The van der Waals surface area contributed by atoms with E-state index in [0.717, 1.165) is 17.7 Å². The molecule has 3 aromatic rings. The van der Waals surface area contributed by atoms with Gasteiger partial charge in [0.05, 0.1) is 4.90 Å². The number of nitrogens with one attached hydrogen (secondary N) is 1. The highest BCUT2D eigenvalue weighted by molar-refractivity contribution is 7.89. The average molecular weight is 446 g/mol. The molecule has 31 heavy (non-hydrogen) atoms. The van der Waals surface area contributed by atoms with Crippen LogP contribution in [0.5, 0.6) is 0 Å². The van der Waals surface area contributed by atoms with E-state index in [0.29, 0.717) is 36.6 Å². The van der Waals surface area contributed by atoms with E-state index < -0.39 is 26.6 Å². The number of sulfonamides is 1. The molecular formula is C20H20F2N6O2S. The number of aromatic nitrogens is 3. The number of hydrogen-bond acceptors (Lipinski definition) is 7. The minimum absolute atomic E-state index is 0.162. The summed E-state index contributed by atoms with van der Waals surface area (Å²) in [5, 5.41) is 11.4. The van der Waals surface area contributed by atoms with Crippen molar-refractivity contribution < 1.29 is 17.2 Å². The lowest BCUT2D eigenvalue weighted by Gasteiger charge is -2.34. The fourth-order valence-corrected chi connectivity index (χ4v) is 4.75. The van der Waals surface area contributed by atoms with Gasteiger partial charge in [-0.15, -0.1) is 10.2 Å². The van der Waals surface area contributed by atoms with Crippen LogP contribution in [0.15, 0.2) is 53.6 Å². The Kier molecular flexibility index (Phi) is 5.79. The van der Waals surface area contributed by atoms with Crippen LogP contribution in [0, 0.1) is 18.6 Å². The molecule has 0 saturated carbocycles. The maximum absolute atomic E-state index is 13.4. The van der Waals surface area contributed by atoms with Crippen molar-refractivity contribution in [1.29, 1.82) is 0 Å².